The topological polar surface area (TPSA) is 39.1 Å². The average Bonchev–Trinajstić information content (AvgIpc) is 2.89. The second-order valence-corrected chi connectivity index (χ2v) is 5.36. The van der Waals surface area contributed by atoms with E-state index in [9.17, 15) is 0 Å². The van der Waals surface area contributed by atoms with E-state index in [4.69, 9.17) is 4.74 Å². The molecule has 0 spiro atoms. The first-order chi connectivity index (χ1) is 9.78. The van der Waals surface area contributed by atoms with Crippen molar-refractivity contribution in [2.45, 2.75) is 24.8 Å². The Balaban J connectivity index is 1.83. The van der Waals surface area contributed by atoms with E-state index in [0.29, 0.717) is 12.0 Å². The molecule has 1 aliphatic rings. The Labute approximate surface area is 119 Å². The number of aromatic nitrogens is 2. The Morgan fingerprint density at radius 1 is 1.40 bits per heavy atom. The van der Waals surface area contributed by atoms with Crippen LogP contribution in [0.4, 0.5) is 0 Å². The molecule has 0 fully saturated rings. The number of ether oxygens (including phenoxy) is 1. The zero-order valence-corrected chi connectivity index (χ0v) is 12.0. The second kappa shape index (κ2) is 5.67. The van der Waals surface area contributed by atoms with Crippen molar-refractivity contribution in [3.8, 4) is 5.75 Å². The zero-order chi connectivity index (χ0) is 13.9. The molecule has 0 saturated heterocycles. The predicted octanol–water partition coefficient (Wildman–Crippen LogP) is 2.12. The number of hydrogen-bond donors (Lipinski definition) is 1. The van der Waals surface area contributed by atoms with Crippen LogP contribution in [0, 0.1) is 0 Å². The molecule has 20 heavy (non-hydrogen) atoms. The minimum atomic E-state index is 0.384. The molecule has 4 nitrogen and oxygen atoms in total. The number of para-hydroxylation sites is 1. The molecular formula is C16H21N3O. The van der Waals surface area contributed by atoms with Crippen LogP contribution in [0.15, 0.2) is 36.5 Å². The first-order valence-electron chi connectivity index (χ1n) is 7.15. The number of fused-ring (bicyclic) bond motifs is 1. The van der Waals surface area contributed by atoms with Gasteiger partial charge in [0.15, 0.2) is 0 Å². The van der Waals surface area contributed by atoms with E-state index in [0.717, 1.165) is 30.9 Å². The summed E-state index contributed by atoms with van der Waals surface area (Å²) in [6, 6.07) is 10.9. The Morgan fingerprint density at radius 2 is 2.25 bits per heavy atom. The molecule has 4 heteroatoms. The van der Waals surface area contributed by atoms with Crippen LogP contribution in [0.25, 0.3) is 0 Å². The minimum Gasteiger partial charge on any atom is -0.493 e. The van der Waals surface area contributed by atoms with Crippen molar-refractivity contribution in [3.05, 3.63) is 47.8 Å². The molecule has 2 aromatic rings. The summed E-state index contributed by atoms with van der Waals surface area (Å²) < 4.78 is 7.62. The van der Waals surface area contributed by atoms with E-state index < -0.39 is 0 Å². The van der Waals surface area contributed by atoms with Gasteiger partial charge in [-0.25, -0.2) is 0 Å². The molecule has 0 bridgehead atoms. The number of nitrogens with zero attached hydrogens (tertiary/aromatic N) is 2. The Morgan fingerprint density at radius 3 is 3.00 bits per heavy atom. The maximum absolute atomic E-state index is 5.76. The van der Waals surface area contributed by atoms with Crippen LogP contribution in [-0.4, -0.2) is 29.5 Å². The quantitative estimate of drug-likeness (QED) is 0.926. The Hall–Kier alpha value is -1.81. The molecule has 1 aromatic heterocycles. The highest BCUT2D eigenvalue weighted by Crippen LogP contribution is 2.36. The van der Waals surface area contributed by atoms with Crippen LogP contribution < -0.4 is 10.1 Å². The summed E-state index contributed by atoms with van der Waals surface area (Å²) >= 11 is 0. The van der Waals surface area contributed by atoms with E-state index in [1.165, 1.54) is 5.56 Å². The molecule has 1 aromatic carbocycles. The molecule has 0 radical (unpaired) electrons. The summed E-state index contributed by atoms with van der Waals surface area (Å²) in [4.78, 5) is 0. The van der Waals surface area contributed by atoms with Gasteiger partial charge in [-0.2, -0.15) is 5.10 Å². The summed E-state index contributed by atoms with van der Waals surface area (Å²) in [6.07, 6.45) is 3.99. The predicted molar refractivity (Wildman–Crippen MR) is 79.1 cm³/mol. The standard InChI is InChI=1S/C16H21N3O/c1-17-15(11-12-7-9-19(2)18-12)13-8-10-20-16-6-4-3-5-14(13)16/h3-7,9,13,15,17H,8,10-11H2,1-2H3. The Kier molecular flexibility index (Phi) is 3.74. The first kappa shape index (κ1) is 13.2. The number of likely N-dealkylation sites (N-methyl/N-ethyl adjacent to an activating group) is 1. The number of nitrogens with one attached hydrogen (secondary N) is 1. The first-order valence-corrected chi connectivity index (χ1v) is 7.15. The highest BCUT2D eigenvalue weighted by atomic mass is 16.5. The third-order valence-electron chi connectivity index (χ3n) is 4.06. The third-order valence-corrected chi connectivity index (χ3v) is 4.06. The lowest BCUT2D eigenvalue weighted by molar-refractivity contribution is 0.247. The molecular weight excluding hydrogens is 250 g/mol. The van der Waals surface area contributed by atoms with E-state index in [1.807, 2.05) is 31.0 Å². The molecule has 2 heterocycles. The van der Waals surface area contributed by atoms with E-state index >= 15 is 0 Å². The molecule has 0 saturated carbocycles. The van der Waals surface area contributed by atoms with Crippen molar-refractivity contribution < 1.29 is 4.74 Å². The van der Waals surface area contributed by atoms with E-state index in [2.05, 4.69) is 34.7 Å². The maximum Gasteiger partial charge on any atom is 0.122 e. The van der Waals surface area contributed by atoms with E-state index in [1.54, 1.807) is 0 Å². The SMILES string of the molecule is CNC(Cc1ccn(C)n1)C1CCOc2ccccc21. The molecule has 1 aliphatic heterocycles. The fourth-order valence-corrected chi connectivity index (χ4v) is 3.03. The fourth-order valence-electron chi connectivity index (χ4n) is 3.03. The molecule has 2 atom stereocenters. The molecule has 1 N–H and O–H groups in total. The monoisotopic (exact) mass is 271 g/mol. The summed E-state index contributed by atoms with van der Waals surface area (Å²) in [5, 5.41) is 7.96. The van der Waals surface area contributed by atoms with Gasteiger partial charge in [0.25, 0.3) is 0 Å². The van der Waals surface area contributed by atoms with Crippen LogP contribution in [0.1, 0.15) is 23.6 Å². The summed E-state index contributed by atoms with van der Waals surface area (Å²) in [5.41, 5.74) is 2.45. The van der Waals surface area contributed by atoms with Gasteiger partial charge in [0.1, 0.15) is 5.75 Å². The molecule has 0 aliphatic carbocycles. The van der Waals surface area contributed by atoms with Gasteiger partial charge in [-0.1, -0.05) is 18.2 Å². The van der Waals surface area contributed by atoms with Crippen LogP contribution >= 0.6 is 0 Å². The zero-order valence-electron chi connectivity index (χ0n) is 12.0. The van der Waals surface area contributed by atoms with Gasteiger partial charge in [-0.3, -0.25) is 4.68 Å². The van der Waals surface area contributed by atoms with Gasteiger partial charge < -0.3 is 10.1 Å². The average molecular weight is 271 g/mol. The van der Waals surface area contributed by atoms with Crippen molar-refractivity contribution in [2.24, 2.45) is 7.05 Å². The van der Waals surface area contributed by atoms with Crippen LogP contribution in [-0.2, 0) is 13.5 Å². The van der Waals surface area contributed by atoms with Gasteiger partial charge in [-0.05, 0) is 31.2 Å². The molecule has 0 amide bonds. The van der Waals surface area contributed by atoms with Gasteiger partial charge in [0.2, 0.25) is 0 Å². The van der Waals surface area contributed by atoms with Gasteiger partial charge in [0, 0.05) is 31.6 Å². The fraction of sp³-hybridized carbons (Fsp3) is 0.438. The Bertz CT molecular complexity index is 579. The van der Waals surface area contributed by atoms with Gasteiger partial charge in [-0.15, -0.1) is 0 Å². The number of aryl methyl sites for hydroxylation is 1. The highest BCUT2D eigenvalue weighted by Gasteiger charge is 2.28. The highest BCUT2D eigenvalue weighted by molar-refractivity contribution is 5.38. The molecule has 2 unspecified atom stereocenters. The van der Waals surface area contributed by atoms with E-state index in [-0.39, 0.29) is 0 Å². The summed E-state index contributed by atoms with van der Waals surface area (Å²) in [7, 11) is 3.99. The number of rotatable bonds is 4. The smallest absolute Gasteiger partial charge is 0.122 e. The maximum atomic E-state index is 5.76. The second-order valence-electron chi connectivity index (χ2n) is 5.36. The lowest BCUT2D eigenvalue weighted by atomic mass is 9.84. The largest absolute Gasteiger partial charge is 0.493 e. The van der Waals surface area contributed by atoms with Gasteiger partial charge in [0.05, 0.1) is 12.3 Å². The lowest BCUT2D eigenvalue weighted by Gasteiger charge is -2.32. The van der Waals surface area contributed by atoms with Crippen molar-refractivity contribution >= 4 is 0 Å². The van der Waals surface area contributed by atoms with Crippen LogP contribution in [0.2, 0.25) is 0 Å². The van der Waals surface area contributed by atoms with Crippen molar-refractivity contribution in [2.75, 3.05) is 13.7 Å². The minimum absolute atomic E-state index is 0.384. The normalized spacial score (nSPS) is 19.2. The third kappa shape index (κ3) is 2.56. The molecule has 3 rings (SSSR count). The molecule has 106 valence electrons. The van der Waals surface area contributed by atoms with Crippen LogP contribution in [0.5, 0.6) is 5.75 Å². The van der Waals surface area contributed by atoms with Gasteiger partial charge >= 0.3 is 0 Å². The lowest BCUT2D eigenvalue weighted by Crippen LogP contribution is -2.36. The number of benzene rings is 1. The van der Waals surface area contributed by atoms with Crippen molar-refractivity contribution in [1.82, 2.24) is 15.1 Å². The van der Waals surface area contributed by atoms with Crippen molar-refractivity contribution in [3.63, 3.8) is 0 Å². The van der Waals surface area contributed by atoms with Crippen LogP contribution in [0.3, 0.4) is 0 Å². The summed E-state index contributed by atoms with van der Waals surface area (Å²) in [6.45, 7) is 0.794. The summed E-state index contributed by atoms with van der Waals surface area (Å²) in [5.74, 6) is 1.51. The van der Waals surface area contributed by atoms with Crippen molar-refractivity contribution in [1.29, 1.82) is 0 Å². The number of hydrogen-bond acceptors (Lipinski definition) is 3.